The summed E-state index contributed by atoms with van der Waals surface area (Å²) in [6.07, 6.45) is 0.652. The number of carbonyl (C=O) groups is 1. The summed E-state index contributed by atoms with van der Waals surface area (Å²) in [7, 11) is -7.25. The van der Waals surface area contributed by atoms with Crippen molar-refractivity contribution in [3.8, 4) is 0 Å². The Bertz CT molecular complexity index is 1120. The number of sulfone groups is 1. The van der Waals surface area contributed by atoms with Crippen molar-refractivity contribution < 1.29 is 21.6 Å². The van der Waals surface area contributed by atoms with E-state index in [1.807, 2.05) is 6.07 Å². The fourth-order valence-electron chi connectivity index (χ4n) is 3.56. The van der Waals surface area contributed by atoms with E-state index in [9.17, 15) is 21.6 Å². The number of sulfonamides is 1. The van der Waals surface area contributed by atoms with Gasteiger partial charge < -0.3 is 4.90 Å². The number of hydrogen-bond acceptors (Lipinski definition) is 5. The Morgan fingerprint density at radius 3 is 2.27 bits per heavy atom. The third-order valence-corrected chi connectivity index (χ3v) is 9.17. The molecule has 162 valence electrons. The molecule has 0 aromatic heterocycles. The van der Waals surface area contributed by atoms with Gasteiger partial charge in [0.2, 0.25) is 15.9 Å². The molecular formula is C21H26N2O5S2. The van der Waals surface area contributed by atoms with Gasteiger partial charge in [0.15, 0.2) is 9.84 Å². The van der Waals surface area contributed by atoms with Crippen LogP contribution in [0.1, 0.15) is 24.0 Å². The molecule has 3 rings (SSSR count). The number of rotatable bonds is 6. The standard InChI is InChI=1S/C21H26N2O5S2/c1-16-8-9-17(2)20(14-16)30(27,28)22-15-21(24)23-12-10-19(11-13-23)29(25,26)18-6-4-3-5-7-18/h3-9,14,19,22H,10-13,15H2,1-2H3. The molecule has 0 radical (unpaired) electrons. The lowest BCUT2D eigenvalue weighted by molar-refractivity contribution is -0.130. The van der Waals surface area contributed by atoms with Crippen molar-refractivity contribution >= 4 is 25.8 Å². The van der Waals surface area contributed by atoms with Gasteiger partial charge in [-0.2, -0.15) is 0 Å². The average molecular weight is 451 g/mol. The molecule has 2 aromatic rings. The second-order valence-electron chi connectivity index (χ2n) is 7.53. The van der Waals surface area contributed by atoms with Crippen molar-refractivity contribution in [2.24, 2.45) is 0 Å². The van der Waals surface area contributed by atoms with Gasteiger partial charge >= 0.3 is 0 Å². The number of aryl methyl sites for hydroxylation is 2. The zero-order valence-corrected chi connectivity index (χ0v) is 18.7. The van der Waals surface area contributed by atoms with Crippen LogP contribution in [0.4, 0.5) is 0 Å². The fraction of sp³-hybridized carbons (Fsp3) is 0.381. The van der Waals surface area contributed by atoms with Gasteiger partial charge in [-0.25, -0.2) is 21.6 Å². The Labute approximate surface area is 178 Å². The zero-order valence-electron chi connectivity index (χ0n) is 17.0. The summed E-state index contributed by atoms with van der Waals surface area (Å²) >= 11 is 0. The highest BCUT2D eigenvalue weighted by Crippen LogP contribution is 2.24. The van der Waals surface area contributed by atoms with Crippen molar-refractivity contribution in [3.05, 3.63) is 59.7 Å². The molecule has 1 N–H and O–H groups in total. The number of carbonyl (C=O) groups excluding carboxylic acids is 1. The van der Waals surface area contributed by atoms with E-state index in [1.165, 1.54) is 4.90 Å². The molecule has 0 bridgehead atoms. The monoisotopic (exact) mass is 450 g/mol. The highest BCUT2D eigenvalue weighted by Gasteiger charge is 2.32. The molecule has 1 fully saturated rings. The lowest BCUT2D eigenvalue weighted by Gasteiger charge is -2.31. The summed E-state index contributed by atoms with van der Waals surface area (Å²) in [6, 6.07) is 13.4. The summed E-state index contributed by atoms with van der Waals surface area (Å²) in [6.45, 7) is 3.71. The first-order valence-electron chi connectivity index (χ1n) is 9.75. The minimum atomic E-state index is -3.81. The highest BCUT2D eigenvalue weighted by atomic mass is 32.2. The molecule has 0 atom stereocenters. The maximum atomic E-state index is 12.7. The van der Waals surface area contributed by atoms with Gasteiger partial charge in [-0.05, 0) is 56.0 Å². The number of amides is 1. The van der Waals surface area contributed by atoms with Crippen molar-refractivity contribution in [2.75, 3.05) is 19.6 Å². The van der Waals surface area contributed by atoms with Crippen molar-refractivity contribution in [1.82, 2.24) is 9.62 Å². The largest absolute Gasteiger partial charge is 0.341 e. The maximum Gasteiger partial charge on any atom is 0.241 e. The molecule has 0 saturated carbocycles. The van der Waals surface area contributed by atoms with Crippen LogP contribution < -0.4 is 4.72 Å². The van der Waals surface area contributed by atoms with Crippen LogP contribution in [0.15, 0.2) is 58.3 Å². The molecule has 7 nitrogen and oxygen atoms in total. The normalized spacial score (nSPS) is 15.9. The Balaban J connectivity index is 1.59. The first kappa shape index (κ1) is 22.5. The molecule has 1 aliphatic heterocycles. The van der Waals surface area contributed by atoms with Crippen LogP contribution in [0, 0.1) is 13.8 Å². The number of nitrogens with one attached hydrogen (secondary N) is 1. The maximum absolute atomic E-state index is 12.7. The summed E-state index contributed by atoms with van der Waals surface area (Å²) in [5.41, 5.74) is 1.42. The molecule has 1 heterocycles. The highest BCUT2D eigenvalue weighted by molar-refractivity contribution is 7.92. The van der Waals surface area contributed by atoms with Crippen LogP contribution in [0.25, 0.3) is 0 Å². The molecule has 1 amide bonds. The van der Waals surface area contributed by atoms with E-state index in [1.54, 1.807) is 56.3 Å². The lowest BCUT2D eigenvalue weighted by atomic mass is 10.1. The summed E-state index contributed by atoms with van der Waals surface area (Å²) in [5.74, 6) is -0.362. The number of benzene rings is 2. The van der Waals surface area contributed by atoms with Gasteiger partial charge in [0.05, 0.1) is 21.6 Å². The number of nitrogens with zero attached hydrogens (tertiary/aromatic N) is 1. The minimum Gasteiger partial charge on any atom is -0.341 e. The fourth-order valence-corrected chi connectivity index (χ4v) is 6.62. The number of piperidine rings is 1. The van der Waals surface area contributed by atoms with Crippen LogP contribution in [0.2, 0.25) is 0 Å². The molecule has 1 saturated heterocycles. The van der Waals surface area contributed by atoms with Crippen molar-refractivity contribution in [1.29, 1.82) is 0 Å². The smallest absolute Gasteiger partial charge is 0.241 e. The topological polar surface area (TPSA) is 101 Å². The summed E-state index contributed by atoms with van der Waals surface area (Å²) < 4.78 is 53.0. The molecule has 1 aliphatic rings. The molecule has 0 unspecified atom stereocenters. The Morgan fingerprint density at radius 2 is 1.63 bits per heavy atom. The summed E-state index contributed by atoms with van der Waals surface area (Å²) in [5, 5.41) is -0.546. The van der Waals surface area contributed by atoms with Crippen molar-refractivity contribution in [3.63, 3.8) is 0 Å². The third kappa shape index (κ3) is 4.91. The van der Waals surface area contributed by atoms with Gasteiger partial charge in [0, 0.05) is 13.1 Å². The first-order valence-corrected chi connectivity index (χ1v) is 12.8. The Morgan fingerprint density at radius 1 is 1.00 bits per heavy atom. The van der Waals surface area contributed by atoms with Crippen molar-refractivity contribution in [2.45, 2.75) is 41.7 Å². The van der Waals surface area contributed by atoms with Crippen LogP contribution in [0.5, 0.6) is 0 Å². The van der Waals surface area contributed by atoms with Gasteiger partial charge in [-0.1, -0.05) is 30.3 Å². The lowest BCUT2D eigenvalue weighted by Crippen LogP contribution is -2.46. The van der Waals surface area contributed by atoms with E-state index in [4.69, 9.17) is 0 Å². The predicted molar refractivity (Wildman–Crippen MR) is 114 cm³/mol. The van der Waals surface area contributed by atoms with Gasteiger partial charge in [-0.15, -0.1) is 0 Å². The summed E-state index contributed by atoms with van der Waals surface area (Å²) in [4.78, 5) is 14.5. The number of hydrogen-bond donors (Lipinski definition) is 1. The molecule has 0 aliphatic carbocycles. The van der Waals surface area contributed by atoms with Gasteiger partial charge in [0.25, 0.3) is 0 Å². The SMILES string of the molecule is Cc1ccc(C)c(S(=O)(=O)NCC(=O)N2CCC(S(=O)(=O)c3ccccc3)CC2)c1. The zero-order chi connectivity index (χ0) is 21.9. The minimum absolute atomic E-state index is 0.156. The number of likely N-dealkylation sites (tertiary alicyclic amines) is 1. The van der Waals surface area contributed by atoms with E-state index in [2.05, 4.69) is 4.72 Å². The molecule has 9 heteroatoms. The van der Waals surface area contributed by atoms with Crippen LogP contribution in [-0.2, 0) is 24.7 Å². The Kier molecular flexibility index (Phi) is 6.64. The molecule has 2 aromatic carbocycles. The second kappa shape index (κ2) is 8.87. The van der Waals surface area contributed by atoms with Gasteiger partial charge in [0.1, 0.15) is 0 Å². The Hall–Kier alpha value is -2.23. The van der Waals surface area contributed by atoms with Crippen LogP contribution in [0.3, 0.4) is 0 Å². The predicted octanol–water partition coefficient (Wildman–Crippen LogP) is 2.05. The van der Waals surface area contributed by atoms with E-state index >= 15 is 0 Å². The third-order valence-electron chi connectivity index (χ3n) is 5.35. The van der Waals surface area contributed by atoms with E-state index in [0.717, 1.165) is 5.56 Å². The van der Waals surface area contributed by atoms with E-state index in [0.29, 0.717) is 18.4 Å². The van der Waals surface area contributed by atoms with E-state index < -0.39 is 25.1 Å². The van der Waals surface area contributed by atoms with E-state index in [-0.39, 0.29) is 35.3 Å². The van der Waals surface area contributed by atoms with Gasteiger partial charge in [-0.3, -0.25) is 4.79 Å². The van der Waals surface area contributed by atoms with Crippen LogP contribution in [-0.4, -0.2) is 52.5 Å². The molecule has 0 spiro atoms. The molecule has 30 heavy (non-hydrogen) atoms. The average Bonchev–Trinajstić information content (AvgIpc) is 2.74. The van der Waals surface area contributed by atoms with Crippen LogP contribution >= 0.6 is 0 Å². The molecular weight excluding hydrogens is 424 g/mol. The first-order chi connectivity index (χ1) is 14.1. The second-order valence-corrected chi connectivity index (χ2v) is 11.5. The quantitative estimate of drug-likeness (QED) is 0.726.